The molecule has 1 fully saturated rings. The third kappa shape index (κ3) is 3.47. The van der Waals surface area contributed by atoms with E-state index >= 15 is 0 Å². The Morgan fingerprint density at radius 1 is 1.14 bits per heavy atom. The van der Waals surface area contributed by atoms with Crippen LogP contribution in [0.25, 0.3) is 28.3 Å². The van der Waals surface area contributed by atoms with E-state index < -0.39 is 0 Å². The summed E-state index contributed by atoms with van der Waals surface area (Å²) in [7, 11) is 0. The molecule has 1 atom stereocenters. The number of anilines is 1. The van der Waals surface area contributed by atoms with Crippen molar-refractivity contribution in [2.24, 2.45) is 0 Å². The lowest BCUT2D eigenvalue weighted by molar-refractivity contribution is 0.532. The average molecular weight is 388 g/mol. The van der Waals surface area contributed by atoms with Crippen molar-refractivity contribution in [1.82, 2.24) is 34.7 Å². The van der Waals surface area contributed by atoms with E-state index in [9.17, 15) is 0 Å². The molecule has 0 aliphatic carbocycles. The molecule has 29 heavy (non-hydrogen) atoms. The highest BCUT2D eigenvalue weighted by Crippen LogP contribution is 2.23. The molecule has 4 aromatic heterocycles. The number of fused-ring (bicyclic) bond motifs is 1. The Hall–Kier alpha value is -3.26. The highest BCUT2D eigenvalue weighted by molar-refractivity contribution is 5.64. The van der Waals surface area contributed by atoms with Crippen molar-refractivity contribution in [3.8, 4) is 22.6 Å². The second kappa shape index (κ2) is 7.29. The van der Waals surface area contributed by atoms with Crippen LogP contribution < -0.4 is 10.6 Å². The third-order valence-electron chi connectivity index (χ3n) is 5.21. The lowest BCUT2D eigenvalue weighted by Gasteiger charge is -2.12. The van der Waals surface area contributed by atoms with Gasteiger partial charge in [-0.25, -0.2) is 14.5 Å². The van der Waals surface area contributed by atoms with E-state index in [1.807, 2.05) is 58.1 Å². The van der Waals surface area contributed by atoms with Crippen LogP contribution in [0.2, 0.25) is 0 Å². The molecule has 0 radical (unpaired) electrons. The normalized spacial score (nSPS) is 16.7. The first kappa shape index (κ1) is 17.8. The maximum atomic E-state index is 4.82. The van der Waals surface area contributed by atoms with Crippen LogP contribution in [0.5, 0.6) is 0 Å². The predicted molar refractivity (Wildman–Crippen MR) is 113 cm³/mol. The van der Waals surface area contributed by atoms with E-state index in [-0.39, 0.29) is 0 Å². The van der Waals surface area contributed by atoms with Crippen LogP contribution in [0.1, 0.15) is 26.3 Å². The molecule has 1 aliphatic heterocycles. The average Bonchev–Trinajstić information content (AvgIpc) is 3.48. The number of nitrogens with one attached hydrogen (secondary N) is 2. The van der Waals surface area contributed by atoms with Crippen LogP contribution in [-0.4, -0.2) is 48.5 Å². The number of aromatic nitrogens is 6. The van der Waals surface area contributed by atoms with Crippen LogP contribution in [0.3, 0.4) is 0 Å². The first-order valence-corrected chi connectivity index (χ1v) is 10.0. The summed E-state index contributed by atoms with van der Waals surface area (Å²) in [6.07, 6.45) is 6.81. The summed E-state index contributed by atoms with van der Waals surface area (Å²) in [4.78, 5) is 9.31. The van der Waals surface area contributed by atoms with Gasteiger partial charge in [0.1, 0.15) is 11.5 Å². The van der Waals surface area contributed by atoms with Crippen LogP contribution >= 0.6 is 0 Å². The first-order valence-electron chi connectivity index (χ1n) is 10.0. The number of hydrogen-bond donors (Lipinski definition) is 2. The molecular weight excluding hydrogens is 364 g/mol. The number of imidazole rings is 1. The molecule has 8 nitrogen and oxygen atoms in total. The molecule has 0 amide bonds. The van der Waals surface area contributed by atoms with Crippen molar-refractivity contribution in [1.29, 1.82) is 0 Å². The van der Waals surface area contributed by atoms with Crippen molar-refractivity contribution in [2.75, 3.05) is 18.4 Å². The summed E-state index contributed by atoms with van der Waals surface area (Å²) in [5, 5.41) is 16.1. The van der Waals surface area contributed by atoms with Gasteiger partial charge < -0.3 is 10.6 Å². The van der Waals surface area contributed by atoms with Crippen molar-refractivity contribution >= 4 is 11.5 Å². The molecule has 4 aromatic rings. The zero-order valence-electron chi connectivity index (χ0n) is 16.6. The van der Waals surface area contributed by atoms with E-state index in [0.29, 0.717) is 12.1 Å². The minimum Gasteiger partial charge on any atom is -0.366 e. The number of pyridine rings is 1. The molecule has 0 saturated carbocycles. The van der Waals surface area contributed by atoms with Crippen LogP contribution in [0, 0.1) is 0 Å². The van der Waals surface area contributed by atoms with Gasteiger partial charge in [0.25, 0.3) is 0 Å². The molecule has 1 saturated heterocycles. The molecule has 0 bridgehead atoms. The second-order valence-corrected chi connectivity index (χ2v) is 7.68. The lowest BCUT2D eigenvalue weighted by Crippen LogP contribution is -2.22. The Morgan fingerprint density at radius 2 is 2.07 bits per heavy atom. The molecule has 148 valence electrons. The molecule has 0 aromatic carbocycles. The smallest absolute Gasteiger partial charge is 0.154 e. The molecule has 2 N–H and O–H groups in total. The van der Waals surface area contributed by atoms with Crippen LogP contribution in [0.15, 0.2) is 48.9 Å². The van der Waals surface area contributed by atoms with E-state index in [4.69, 9.17) is 10.1 Å². The highest BCUT2D eigenvalue weighted by Gasteiger charge is 2.16. The van der Waals surface area contributed by atoms with E-state index in [0.717, 1.165) is 53.6 Å². The van der Waals surface area contributed by atoms with Crippen molar-refractivity contribution in [3.05, 3.63) is 48.9 Å². The number of nitrogens with zero attached hydrogens (tertiary/aromatic N) is 6. The van der Waals surface area contributed by atoms with Crippen molar-refractivity contribution in [3.63, 3.8) is 0 Å². The Balaban J connectivity index is 1.50. The highest BCUT2D eigenvalue weighted by atomic mass is 15.3. The fraction of sp³-hybridized carbons (Fsp3) is 0.333. The number of rotatable bonds is 5. The predicted octanol–water partition coefficient (Wildman–Crippen LogP) is 3.01. The molecule has 5 heterocycles. The van der Waals surface area contributed by atoms with E-state index in [2.05, 4.69) is 34.6 Å². The summed E-state index contributed by atoms with van der Waals surface area (Å²) >= 11 is 0. The summed E-state index contributed by atoms with van der Waals surface area (Å²) in [5.41, 5.74) is 4.34. The Labute approximate surface area is 169 Å². The fourth-order valence-electron chi connectivity index (χ4n) is 3.60. The standard InChI is InChI=1S/C21H24N8/c1-14(2)28-13-15(10-24-28)17-6-7-21-23-12-19(29(21)27-17)18-4-3-5-20(26-18)25-16-8-9-22-11-16/h3-7,10,12-14,16,22H,8-9,11H2,1-2H3,(H,25,26). The van der Waals surface area contributed by atoms with E-state index in [1.165, 1.54) is 0 Å². The number of hydrogen-bond acceptors (Lipinski definition) is 6. The molecule has 0 spiro atoms. The zero-order chi connectivity index (χ0) is 19.8. The largest absolute Gasteiger partial charge is 0.366 e. The Morgan fingerprint density at radius 3 is 2.86 bits per heavy atom. The zero-order valence-corrected chi connectivity index (χ0v) is 16.6. The minimum atomic E-state index is 0.311. The van der Waals surface area contributed by atoms with Gasteiger partial charge in [-0.15, -0.1) is 0 Å². The second-order valence-electron chi connectivity index (χ2n) is 7.68. The van der Waals surface area contributed by atoms with Gasteiger partial charge in [0.15, 0.2) is 5.65 Å². The Bertz CT molecular complexity index is 1140. The van der Waals surface area contributed by atoms with E-state index in [1.54, 1.807) is 0 Å². The maximum Gasteiger partial charge on any atom is 0.154 e. The summed E-state index contributed by atoms with van der Waals surface area (Å²) in [6, 6.07) is 10.7. The third-order valence-corrected chi connectivity index (χ3v) is 5.21. The summed E-state index contributed by atoms with van der Waals surface area (Å²) in [6.45, 7) is 6.23. The monoisotopic (exact) mass is 388 g/mol. The van der Waals surface area contributed by atoms with Gasteiger partial charge in [0.05, 0.1) is 23.8 Å². The van der Waals surface area contributed by atoms with Crippen molar-refractivity contribution < 1.29 is 0 Å². The fourth-order valence-corrected chi connectivity index (χ4v) is 3.60. The maximum absolute atomic E-state index is 4.82. The summed E-state index contributed by atoms with van der Waals surface area (Å²) < 4.78 is 3.79. The van der Waals surface area contributed by atoms with Crippen molar-refractivity contribution in [2.45, 2.75) is 32.4 Å². The summed E-state index contributed by atoms with van der Waals surface area (Å²) in [5.74, 6) is 0.875. The molecule has 5 rings (SSSR count). The van der Waals surface area contributed by atoms with Crippen LogP contribution in [0.4, 0.5) is 5.82 Å². The van der Waals surface area contributed by atoms with Gasteiger partial charge in [-0.2, -0.15) is 10.2 Å². The quantitative estimate of drug-likeness (QED) is 0.547. The Kier molecular flexibility index (Phi) is 4.48. The lowest BCUT2D eigenvalue weighted by atomic mass is 10.2. The van der Waals surface area contributed by atoms with Gasteiger partial charge in [0, 0.05) is 30.4 Å². The molecular formula is C21H24N8. The van der Waals surface area contributed by atoms with Crippen LogP contribution in [-0.2, 0) is 0 Å². The van der Waals surface area contributed by atoms with Gasteiger partial charge in [-0.3, -0.25) is 4.68 Å². The minimum absolute atomic E-state index is 0.311. The van der Waals surface area contributed by atoms with Gasteiger partial charge in [-0.05, 0) is 51.1 Å². The van der Waals surface area contributed by atoms with Gasteiger partial charge in [0.2, 0.25) is 0 Å². The molecule has 1 aliphatic rings. The SMILES string of the molecule is CC(C)n1cc(-c2ccc3ncc(-c4cccc(NC5CCNC5)n4)n3n2)cn1. The van der Waals surface area contributed by atoms with Gasteiger partial charge >= 0.3 is 0 Å². The van der Waals surface area contributed by atoms with Gasteiger partial charge in [-0.1, -0.05) is 6.07 Å². The first-order chi connectivity index (χ1) is 14.2. The topological polar surface area (TPSA) is 85.0 Å². The molecule has 8 heteroatoms. The molecule has 1 unspecified atom stereocenters.